The zero-order valence-corrected chi connectivity index (χ0v) is 23.4. The first-order chi connectivity index (χ1) is 19.0. The van der Waals surface area contributed by atoms with Crippen molar-refractivity contribution >= 4 is 45.0 Å². The number of piperazine rings is 1. The molecule has 3 heterocycles. The van der Waals surface area contributed by atoms with Crippen molar-refractivity contribution in [3.63, 3.8) is 0 Å². The van der Waals surface area contributed by atoms with E-state index >= 15 is 8.78 Å². The summed E-state index contributed by atoms with van der Waals surface area (Å²) in [6, 6.07) is 8.72. The smallest absolute Gasteiger partial charge is 0.306 e. The SMILES string of the molecule is O=C(O)C1CCC(C(F)(F)c2cc(Cl)nc(N3CCN(S(=O)(=O)c4ccc(N5CCCC5=O)cc4)CC3)c2)CC1. The van der Waals surface area contributed by atoms with E-state index in [0.717, 1.165) is 12.5 Å². The van der Waals surface area contributed by atoms with Gasteiger partial charge in [0.15, 0.2) is 0 Å². The largest absolute Gasteiger partial charge is 0.481 e. The molecule has 1 aromatic heterocycles. The third-order valence-electron chi connectivity index (χ3n) is 8.18. The van der Waals surface area contributed by atoms with Crippen LogP contribution in [0.5, 0.6) is 0 Å². The molecule has 0 bridgehead atoms. The molecule has 2 saturated heterocycles. The number of amides is 1. The third-order valence-corrected chi connectivity index (χ3v) is 10.3. The summed E-state index contributed by atoms with van der Waals surface area (Å²) in [6.45, 7) is 1.36. The van der Waals surface area contributed by atoms with Crippen molar-refractivity contribution in [1.82, 2.24) is 9.29 Å². The van der Waals surface area contributed by atoms with Gasteiger partial charge in [0.1, 0.15) is 11.0 Å². The van der Waals surface area contributed by atoms with Crippen LogP contribution in [0.25, 0.3) is 0 Å². The van der Waals surface area contributed by atoms with Crippen molar-refractivity contribution in [2.75, 3.05) is 42.5 Å². The van der Waals surface area contributed by atoms with Crippen molar-refractivity contribution in [3.8, 4) is 0 Å². The number of aromatic nitrogens is 1. The maximum atomic E-state index is 15.5. The summed E-state index contributed by atoms with van der Waals surface area (Å²) in [5, 5.41) is 9.10. The van der Waals surface area contributed by atoms with E-state index in [-0.39, 0.29) is 79.2 Å². The number of sulfonamides is 1. The summed E-state index contributed by atoms with van der Waals surface area (Å²) in [5.74, 6) is -5.48. The first-order valence-electron chi connectivity index (χ1n) is 13.4. The highest BCUT2D eigenvalue weighted by molar-refractivity contribution is 7.89. The highest BCUT2D eigenvalue weighted by Crippen LogP contribution is 2.46. The second kappa shape index (κ2) is 11.2. The Balaban J connectivity index is 1.25. The zero-order valence-electron chi connectivity index (χ0n) is 21.8. The van der Waals surface area contributed by atoms with Gasteiger partial charge in [-0.3, -0.25) is 9.59 Å². The van der Waals surface area contributed by atoms with Gasteiger partial charge in [0.25, 0.3) is 5.92 Å². The number of carboxylic acids is 1. The molecule has 13 heteroatoms. The van der Waals surface area contributed by atoms with E-state index in [4.69, 9.17) is 11.6 Å². The van der Waals surface area contributed by atoms with Crippen LogP contribution in [0.4, 0.5) is 20.3 Å². The predicted molar refractivity (Wildman–Crippen MR) is 145 cm³/mol. The number of rotatable bonds is 7. The molecule has 3 fully saturated rings. The standard InChI is InChI=1S/C27H31ClF2N4O5S/c28-23-16-20(27(29,30)19-5-3-18(4-6-19)26(36)37)17-24(31-23)32-12-14-33(15-13-32)40(38,39)22-9-7-21(8-10-22)34-11-1-2-25(34)35/h7-10,16-19H,1-6,11-15H2,(H,36,37). The van der Waals surface area contributed by atoms with Gasteiger partial charge in [0, 0.05) is 56.3 Å². The Kier molecular flexibility index (Phi) is 8.04. The number of benzene rings is 1. The molecule has 1 N–H and O–H groups in total. The lowest BCUT2D eigenvalue weighted by molar-refractivity contribution is -0.145. The maximum Gasteiger partial charge on any atom is 0.306 e. The van der Waals surface area contributed by atoms with Crippen LogP contribution in [0, 0.1) is 11.8 Å². The number of aliphatic carboxylic acids is 1. The molecule has 3 aliphatic rings. The molecule has 1 saturated carbocycles. The minimum atomic E-state index is -3.79. The van der Waals surface area contributed by atoms with Crippen LogP contribution in [0.15, 0.2) is 41.3 Å². The molecule has 1 amide bonds. The first kappa shape index (κ1) is 28.7. The fourth-order valence-corrected chi connectivity index (χ4v) is 7.43. The van der Waals surface area contributed by atoms with Crippen LogP contribution >= 0.6 is 11.6 Å². The topological polar surface area (TPSA) is 111 Å². The number of halogens is 3. The molecular weight excluding hydrogens is 566 g/mol. The molecule has 1 aliphatic carbocycles. The van der Waals surface area contributed by atoms with Crippen molar-refractivity contribution in [2.24, 2.45) is 11.8 Å². The second-order valence-electron chi connectivity index (χ2n) is 10.6. The summed E-state index contributed by atoms with van der Waals surface area (Å²) >= 11 is 6.15. The Morgan fingerprint density at radius 2 is 1.65 bits per heavy atom. The van der Waals surface area contributed by atoms with Gasteiger partial charge >= 0.3 is 5.97 Å². The Morgan fingerprint density at radius 1 is 1.00 bits per heavy atom. The van der Waals surface area contributed by atoms with Crippen LogP contribution in [0.2, 0.25) is 5.15 Å². The monoisotopic (exact) mass is 596 g/mol. The molecule has 9 nitrogen and oxygen atoms in total. The van der Waals surface area contributed by atoms with Crippen LogP contribution in [-0.2, 0) is 25.5 Å². The number of carbonyl (C=O) groups is 2. The lowest BCUT2D eigenvalue weighted by Gasteiger charge is -2.36. The summed E-state index contributed by atoms with van der Waals surface area (Å²) in [7, 11) is -3.79. The molecule has 0 radical (unpaired) electrons. The van der Waals surface area contributed by atoms with E-state index in [0.29, 0.717) is 18.7 Å². The first-order valence-corrected chi connectivity index (χ1v) is 15.2. The van der Waals surface area contributed by atoms with E-state index in [1.807, 2.05) is 0 Å². The quantitative estimate of drug-likeness (QED) is 0.473. The van der Waals surface area contributed by atoms with E-state index < -0.39 is 33.8 Å². The normalized spacial score (nSPS) is 23.0. The number of pyridine rings is 1. The van der Waals surface area contributed by atoms with E-state index in [1.54, 1.807) is 21.9 Å². The number of carbonyl (C=O) groups excluding carboxylic acids is 1. The minimum absolute atomic E-state index is 0.0211. The van der Waals surface area contributed by atoms with Gasteiger partial charge in [-0.25, -0.2) is 22.2 Å². The average molecular weight is 597 g/mol. The van der Waals surface area contributed by atoms with Crippen molar-refractivity contribution in [2.45, 2.75) is 49.3 Å². The fourth-order valence-electron chi connectivity index (χ4n) is 5.80. The Labute approximate surface area is 236 Å². The average Bonchev–Trinajstić information content (AvgIpc) is 3.38. The number of alkyl halides is 2. The molecule has 0 spiro atoms. The van der Waals surface area contributed by atoms with E-state index in [9.17, 15) is 23.1 Å². The van der Waals surface area contributed by atoms with E-state index in [1.165, 1.54) is 22.5 Å². The highest BCUT2D eigenvalue weighted by Gasteiger charge is 2.44. The number of hydrogen-bond donors (Lipinski definition) is 1. The molecule has 0 unspecified atom stereocenters. The number of nitrogens with zero attached hydrogens (tertiary/aromatic N) is 4. The van der Waals surface area contributed by atoms with Gasteiger partial charge in [-0.15, -0.1) is 0 Å². The molecule has 0 atom stereocenters. The maximum absolute atomic E-state index is 15.5. The third kappa shape index (κ3) is 5.66. The number of carboxylic acid groups (broad SMARTS) is 1. The molecule has 40 heavy (non-hydrogen) atoms. The van der Waals surface area contributed by atoms with Gasteiger partial charge in [-0.05, 0) is 68.5 Å². The van der Waals surface area contributed by atoms with Crippen LogP contribution in [0.3, 0.4) is 0 Å². The van der Waals surface area contributed by atoms with Gasteiger partial charge in [-0.2, -0.15) is 4.31 Å². The lowest BCUT2D eigenvalue weighted by Crippen LogP contribution is -2.49. The predicted octanol–water partition coefficient (Wildman–Crippen LogP) is 4.36. The van der Waals surface area contributed by atoms with E-state index in [2.05, 4.69) is 4.98 Å². The van der Waals surface area contributed by atoms with Crippen molar-refractivity contribution in [1.29, 1.82) is 0 Å². The van der Waals surface area contributed by atoms with Crippen molar-refractivity contribution in [3.05, 3.63) is 47.1 Å². The van der Waals surface area contributed by atoms with Crippen LogP contribution in [0.1, 0.15) is 44.1 Å². The van der Waals surface area contributed by atoms with Crippen LogP contribution < -0.4 is 9.80 Å². The van der Waals surface area contributed by atoms with Gasteiger partial charge in [-0.1, -0.05) is 11.6 Å². The Hall–Kier alpha value is -2.83. The molecule has 1 aromatic carbocycles. The number of hydrogen-bond acceptors (Lipinski definition) is 6. The van der Waals surface area contributed by atoms with Crippen LogP contribution in [-0.4, -0.2) is 67.4 Å². The summed E-state index contributed by atoms with van der Waals surface area (Å²) in [5.41, 5.74) is 0.397. The second-order valence-corrected chi connectivity index (χ2v) is 12.9. The minimum Gasteiger partial charge on any atom is -0.481 e. The Morgan fingerprint density at radius 3 is 2.23 bits per heavy atom. The zero-order chi connectivity index (χ0) is 28.7. The summed E-state index contributed by atoms with van der Waals surface area (Å²) < 4.78 is 58.9. The molecule has 216 valence electrons. The van der Waals surface area contributed by atoms with Gasteiger partial charge in [0.05, 0.1) is 10.8 Å². The van der Waals surface area contributed by atoms with Gasteiger partial charge < -0.3 is 14.9 Å². The fraction of sp³-hybridized carbons (Fsp3) is 0.519. The lowest BCUT2D eigenvalue weighted by atomic mass is 9.77. The summed E-state index contributed by atoms with van der Waals surface area (Å²) in [4.78, 5) is 30.9. The molecular formula is C27H31ClF2N4O5S. The highest BCUT2D eigenvalue weighted by atomic mass is 35.5. The molecule has 2 aliphatic heterocycles. The summed E-state index contributed by atoms with van der Waals surface area (Å²) in [6.07, 6.45) is 1.88. The van der Waals surface area contributed by atoms with Crippen molar-refractivity contribution < 1.29 is 31.9 Å². The molecule has 2 aromatic rings. The molecule has 5 rings (SSSR count). The van der Waals surface area contributed by atoms with Gasteiger partial charge in [0.2, 0.25) is 15.9 Å². The Bertz CT molecular complexity index is 1380. The number of anilines is 2.